The fraction of sp³-hybridized carbons (Fsp3) is 0.250. The molecule has 1 aliphatic heterocycles. The number of benzene rings is 1. The van der Waals surface area contributed by atoms with Gasteiger partial charge in [0.05, 0.1) is 11.5 Å². The molecule has 0 N–H and O–H groups in total. The lowest BCUT2D eigenvalue weighted by atomic mass is 10.2. The summed E-state index contributed by atoms with van der Waals surface area (Å²) in [4.78, 5) is 21.6. The highest BCUT2D eigenvalue weighted by molar-refractivity contribution is 8.00. The van der Waals surface area contributed by atoms with Gasteiger partial charge in [0, 0.05) is 24.1 Å². The number of nitro benzene ring substituents is 1. The van der Waals surface area contributed by atoms with E-state index in [0.717, 1.165) is 11.8 Å². The largest absolute Gasteiger partial charge is 0.465 e. The Morgan fingerprint density at radius 1 is 1.38 bits per heavy atom. The van der Waals surface area contributed by atoms with Gasteiger partial charge in [-0.05, 0) is 17.8 Å². The Bertz CT molecular complexity index is 702. The molecular formula is C12H9N3O5S. The van der Waals surface area contributed by atoms with E-state index in [0.29, 0.717) is 18.6 Å². The zero-order valence-corrected chi connectivity index (χ0v) is 11.4. The molecule has 1 saturated heterocycles. The number of hydrogen-bond acceptors (Lipinski definition) is 8. The van der Waals surface area contributed by atoms with Crippen LogP contribution >= 0.6 is 11.8 Å². The van der Waals surface area contributed by atoms with E-state index < -0.39 is 4.92 Å². The first-order valence-electron chi connectivity index (χ1n) is 6.05. The Morgan fingerprint density at radius 2 is 2.24 bits per heavy atom. The van der Waals surface area contributed by atoms with Crippen LogP contribution < -0.4 is 0 Å². The van der Waals surface area contributed by atoms with Gasteiger partial charge in [-0.25, -0.2) is 0 Å². The van der Waals surface area contributed by atoms with Crippen molar-refractivity contribution in [3.63, 3.8) is 0 Å². The molecule has 1 aromatic carbocycles. The van der Waals surface area contributed by atoms with Crippen LogP contribution in [-0.2, 0) is 9.53 Å². The summed E-state index contributed by atoms with van der Waals surface area (Å²) < 4.78 is 10.3. The molecule has 1 aromatic heterocycles. The molecule has 2 heterocycles. The number of non-ortho nitro benzene ring substituents is 1. The maximum absolute atomic E-state index is 11.4. The normalized spacial score (nSPS) is 17.7. The Hall–Kier alpha value is -2.42. The number of hydrogen-bond donors (Lipinski definition) is 0. The van der Waals surface area contributed by atoms with Crippen LogP contribution in [0.25, 0.3) is 11.5 Å². The van der Waals surface area contributed by atoms with Gasteiger partial charge in [0.1, 0.15) is 5.25 Å². The second kappa shape index (κ2) is 5.52. The first-order chi connectivity index (χ1) is 10.1. The van der Waals surface area contributed by atoms with E-state index in [-0.39, 0.29) is 28.0 Å². The minimum atomic E-state index is -0.496. The van der Waals surface area contributed by atoms with Gasteiger partial charge in [0.15, 0.2) is 0 Å². The van der Waals surface area contributed by atoms with Crippen molar-refractivity contribution in [2.75, 3.05) is 6.61 Å². The predicted molar refractivity (Wildman–Crippen MR) is 71.6 cm³/mol. The van der Waals surface area contributed by atoms with Crippen LogP contribution in [0.2, 0.25) is 0 Å². The zero-order valence-electron chi connectivity index (χ0n) is 10.6. The lowest BCUT2D eigenvalue weighted by Gasteiger charge is -1.99. The van der Waals surface area contributed by atoms with E-state index in [1.54, 1.807) is 12.1 Å². The monoisotopic (exact) mass is 307 g/mol. The maximum atomic E-state index is 11.4. The molecule has 0 radical (unpaired) electrons. The van der Waals surface area contributed by atoms with E-state index in [2.05, 4.69) is 10.2 Å². The SMILES string of the molecule is O=C1OCC[C@@H]1Sc1nnc(-c2cccc([N+](=O)[O-])c2)o1. The molecular weight excluding hydrogens is 298 g/mol. The highest BCUT2D eigenvalue weighted by atomic mass is 32.2. The smallest absolute Gasteiger partial charge is 0.319 e. The van der Waals surface area contributed by atoms with Gasteiger partial charge in [0.25, 0.3) is 10.9 Å². The van der Waals surface area contributed by atoms with Gasteiger partial charge >= 0.3 is 5.97 Å². The summed E-state index contributed by atoms with van der Waals surface area (Å²) in [6, 6.07) is 5.91. The second-order valence-electron chi connectivity index (χ2n) is 4.24. The molecule has 0 unspecified atom stereocenters. The number of rotatable bonds is 4. The Morgan fingerprint density at radius 3 is 2.95 bits per heavy atom. The fourth-order valence-electron chi connectivity index (χ4n) is 1.83. The van der Waals surface area contributed by atoms with Gasteiger partial charge in [-0.2, -0.15) is 0 Å². The highest BCUT2D eigenvalue weighted by Crippen LogP contribution is 2.31. The number of aromatic nitrogens is 2. The van der Waals surface area contributed by atoms with Crippen molar-refractivity contribution < 1.29 is 18.9 Å². The number of carbonyl (C=O) groups is 1. The number of thioether (sulfide) groups is 1. The van der Waals surface area contributed by atoms with E-state index in [9.17, 15) is 14.9 Å². The molecule has 0 saturated carbocycles. The molecule has 0 aliphatic carbocycles. The first-order valence-corrected chi connectivity index (χ1v) is 6.93. The molecule has 0 amide bonds. The van der Waals surface area contributed by atoms with Crippen LogP contribution in [0.4, 0.5) is 5.69 Å². The van der Waals surface area contributed by atoms with Gasteiger partial charge in [-0.3, -0.25) is 14.9 Å². The minimum Gasteiger partial charge on any atom is -0.465 e. The summed E-state index contributed by atoms with van der Waals surface area (Å²) in [7, 11) is 0. The number of nitrogens with zero attached hydrogens (tertiary/aromatic N) is 3. The third-order valence-corrected chi connectivity index (χ3v) is 3.92. The van der Waals surface area contributed by atoms with Crippen molar-refractivity contribution in [2.45, 2.75) is 16.9 Å². The Kier molecular flexibility index (Phi) is 3.57. The van der Waals surface area contributed by atoms with Crippen LogP contribution in [0.3, 0.4) is 0 Å². The van der Waals surface area contributed by atoms with Crippen LogP contribution in [-0.4, -0.2) is 32.9 Å². The average molecular weight is 307 g/mol. The Labute approximate surface area is 122 Å². The van der Waals surface area contributed by atoms with Crippen LogP contribution in [0.1, 0.15) is 6.42 Å². The van der Waals surface area contributed by atoms with Crippen molar-refractivity contribution >= 4 is 23.4 Å². The van der Waals surface area contributed by atoms with E-state index in [4.69, 9.17) is 9.15 Å². The van der Waals surface area contributed by atoms with E-state index in [1.807, 2.05) is 0 Å². The van der Waals surface area contributed by atoms with Gasteiger partial charge in [-0.15, -0.1) is 10.2 Å². The number of carbonyl (C=O) groups excluding carboxylic acids is 1. The molecule has 1 atom stereocenters. The summed E-state index contributed by atoms with van der Waals surface area (Å²) in [5.41, 5.74) is 0.400. The molecule has 1 fully saturated rings. The molecule has 9 heteroatoms. The van der Waals surface area contributed by atoms with Crippen molar-refractivity contribution in [2.24, 2.45) is 0 Å². The molecule has 8 nitrogen and oxygen atoms in total. The molecule has 0 spiro atoms. The second-order valence-corrected chi connectivity index (χ2v) is 5.40. The lowest BCUT2D eigenvalue weighted by Crippen LogP contribution is -2.09. The van der Waals surface area contributed by atoms with Crippen LogP contribution in [0.5, 0.6) is 0 Å². The number of ether oxygens (including phenoxy) is 1. The van der Waals surface area contributed by atoms with Crippen molar-refractivity contribution in [1.29, 1.82) is 0 Å². The standard InChI is InChI=1S/C12H9N3O5S/c16-11-9(4-5-19-11)21-12-14-13-10(20-12)7-2-1-3-8(6-7)15(17)18/h1-3,6,9H,4-5H2/t9-/m0/s1. The predicted octanol–water partition coefficient (Wildman–Crippen LogP) is 2.05. The molecule has 3 rings (SSSR count). The first kappa shape index (κ1) is 13.6. The average Bonchev–Trinajstić information content (AvgIpc) is 3.10. The maximum Gasteiger partial charge on any atom is 0.319 e. The lowest BCUT2D eigenvalue weighted by molar-refractivity contribution is -0.384. The summed E-state index contributed by atoms with van der Waals surface area (Å²) in [5, 5.41) is 18.3. The topological polar surface area (TPSA) is 108 Å². The molecule has 1 aliphatic rings. The van der Waals surface area contributed by atoms with Gasteiger partial charge in [0.2, 0.25) is 5.89 Å². The zero-order chi connectivity index (χ0) is 14.8. The third-order valence-electron chi connectivity index (χ3n) is 2.84. The van der Waals surface area contributed by atoms with E-state index in [1.165, 1.54) is 12.1 Å². The summed E-state index contributed by atoms with van der Waals surface area (Å²) in [6.07, 6.45) is 0.595. The molecule has 21 heavy (non-hydrogen) atoms. The number of cyclic esters (lactones) is 1. The third kappa shape index (κ3) is 2.87. The van der Waals surface area contributed by atoms with Crippen molar-refractivity contribution in [1.82, 2.24) is 10.2 Å². The number of nitro groups is 1. The van der Waals surface area contributed by atoms with Crippen molar-refractivity contribution in [3.8, 4) is 11.5 Å². The van der Waals surface area contributed by atoms with Gasteiger partial charge in [-0.1, -0.05) is 6.07 Å². The molecule has 0 bridgehead atoms. The summed E-state index contributed by atoms with van der Waals surface area (Å²) >= 11 is 1.14. The van der Waals surface area contributed by atoms with E-state index >= 15 is 0 Å². The summed E-state index contributed by atoms with van der Waals surface area (Å²) in [5.74, 6) is -0.123. The van der Waals surface area contributed by atoms with Crippen LogP contribution in [0, 0.1) is 10.1 Å². The van der Waals surface area contributed by atoms with Crippen molar-refractivity contribution in [3.05, 3.63) is 34.4 Å². The van der Waals surface area contributed by atoms with Crippen LogP contribution in [0.15, 0.2) is 33.9 Å². The molecule has 108 valence electrons. The quantitative estimate of drug-likeness (QED) is 0.479. The Balaban J connectivity index is 1.79. The molecule has 2 aromatic rings. The number of esters is 1. The fourth-order valence-corrected chi connectivity index (χ4v) is 2.67. The summed E-state index contributed by atoms with van der Waals surface area (Å²) in [6.45, 7) is 0.391. The van der Waals surface area contributed by atoms with Gasteiger partial charge < -0.3 is 9.15 Å². The minimum absolute atomic E-state index is 0.0562. The highest BCUT2D eigenvalue weighted by Gasteiger charge is 2.29.